The fraction of sp³-hybridized carbons (Fsp3) is 1.00. The Morgan fingerprint density at radius 3 is 1.50 bits per heavy atom. The van der Waals surface area contributed by atoms with Crippen LogP contribution < -0.4 is 0 Å². The van der Waals surface area contributed by atoms with Crippen LogP contribution in [0.3, 0.4) is 0 Å². The normalized spacial score (nSPS) is 11.8. The molecular weight excluding hydrogens is 166 g/mol. The summed E-state index contributed by atoms with van der Waals surface area (Å²) in [6.45, 7) is 7.83. The molecule has 10 heavy (non-hydrogen) atoms. The maximum absolute atomic E-state index is 5.17. The fourth-order valence-corrected chi connectivity index (χ4v) is 1.07. The second kappa shape index (κ2) is 5.27. The zero-order chi connectivity index (χ0) is 8.15. The molecule has 0 amide bonds. The summed E-state index contributed by atoms with van der Waals surface area (Å²) in [4.78, 5) is 10.3. The first-order valence-corrected chi connectivity index (χ1v) is 4.07. The van der Waals surface area contributed by atoms with Crippen LogP contribution in [0, 0.1) is 0 Å². The van der Waals surface area contributed by atoms with Crippen LogP contribution in [0.25, 0.3) is 0 Å². The molecule has 0 aliphatic rings. The van der Waals surface area contributed by atoms with E-state index in [0.29, 0.717) is 0 Å². The van der Waals surface area contributed by atoms with E-state index >= 15 is 0 Å². The first-order valence-electron chi connectivity index (χ1n) is 3.37. The molecule has 0 aliphatic carbocycles. The van der Waals surface area contributed by atoms with E-state index in [1.54, 1.807) is 20.7 Å². The SMILES string of the molecule is CC(C)O[N]([Ti])OC(C)C. The molecule has 0 radical (unpaired) electrons. The van der Waals surface area contributed by atoms with Crippen molar-refractivity contribution in [2.75, 3.05) is 0 Å². The van der Waals surface area contributed by atoms with E-state index < -0.39 is 0 Å². The van der Waals surface area contributed by atoms with Crippen LogP contribution >= 0.6 is 0 Å². The van der Waals surface area contributed by atoms with E-state index in [1.165, 1.54) is 3.71 Å². The zero-order valence-electron chi connectivity index (χ0n) is 6.92. The fourth-order valence-electron chi connectivity index (χ4n) is 0.408. The van der Waals surface area contributed by atoms with Crippen LogP contribution in [0.15, 0.2) is 0 Å². The molecule has 0 heterocycles. The molecule has 0 saturated heterocycles. The van der Waals surface area contributed by atoms with Gasteiger partial charge in [0, 0.05) is 0 Å². The molecule has 59 valence electrons. The van der Waals surface area contributed by atoms with Crippen molar-refractivity contribution in [1.29, 1.82) is 0 Å². The second-order valence-electron chi connectivity index (χ2n) is 2.57. The van der Waals surface area contributed by atoms with Gasteiger partial charge in [-0.1, -0.05) is 0 Å². The van der Waals surface area contributed by atoms with Crippen molar-refractivity contribution >= 4 is 0 Å². The Morgan fingerprint density at radius 2 is 1.30 bits per heavy atom. The number of nitrogens with zero attached hydrogens (tertiary/aromatic N) is 1. The predicted molar refractivity (Wildman–Crippen MR) is 34.3 cm³/mol. The summed E-state index contributed by atoms with van der Waals surface area (Å²) in [6.07, 6.45) is 0.340. The third-order valence-electron chi connectivity index (χ3n) is 0.613. The van der Waals surface area contributed by atoms with Crippen molar-refractivity contribution in [3.05, 3.63) is 0 Å². The van der Waals surface area contributed by atoms with Crippen molar-refractivity contribution in [2.24, 2.45) is 0 Å². The number of hydrogen-bond acceptors (Lipinski definition) is 3. The Morgan fingerprint density at radius 1 is 1.00 bits per heavy atom. The van der Waals surface area contributed by atoms with Crippen LogP contribution in [0.4, 0.5) is 0 Å². The third kappa shape index (κ3) is 6.71. The Hall–Kier alpha value is 0.594. The molecule has 0 N–H and O–H groups in total. The topological polar surface area (TPSA) is 21.7 Å². The Labute approximate surface area is 74.3 Å². The van der Waals surface area contributed by atoms with Gasteiger partial charge in [0.2, 0.25) is 0 Å². The van der Waals surface area contributed by atoms with Crippen LogP contribution in [-0.2, 0) is 30.4 Å². The van der Waals surface area contributed by atoms with Gasteiger partial charge in [-0.3, -0.25) is 0 Å². The van der Waals surface area contributed by atoms with Crippen molar-refractivity contribution in [2.45, 2.75) is 39.9 Å². The molecule has 0 bridgehead atoms. The van der Waals surface area contributed by atoms with Gasteiger partial charge in [-0.25, -0.2) is 0 Å². The Bertz CT molecular complexity index is 77.8. The minimum absolute atomic E-state index is 0.170. The first-order chi connectivity index (χ1) is 4.52. The van der Waals surface area contributed by atoms with E-state index in [-0.39, 0.29) is 12.2 Å². The molecule has 4 heteroatoms. The molecule has 0 aromatic carbocycles. The van der Waals surface area contributed by atoms with Gasteiger partial charge in [-0.2, -0.15) is 0 Å². The zero-order valence-corrected chi connectivity index (χ0v) is 8.48. The molecule has 0 aromatic heterocycles. The molecule has 0 saturated carbocycles. The predicted octanol–water partition coefficient (Wildman–Crippen LogP) is 1.43. The molecular formula is C6H14NO2Ti. The average molecular weight is 180 g/mol. The molecule has 0 aromatic rings. The standard InChI is InChI=1S/C6H14NO2.Ti/c1-5(2)8-7-9-6(3)4;/h5-6H,1-4H3;/q-1;+1. The van der Waals surface area contributed by atoms with Gasteiger partial charge >= 0.3 is 74.0 Å². The van der Waals surface area contributed by atoms with Crippen molar-refractivity contribution < 1.29 is 30.4 Å². The molecule has 0 atom stereocenters. The van der Waals surface area contributed by atoms with Gasteiger partial charge in [-0.15, -0.1) is 0 Å². The maximum atomic E-state index is 5.17. The van der Waals surface area contributed by atoms with Gasteiger partial charge in [0.15, 0.2) is 0 Å². The van der Waals surface area contributed by atoms with E-state index in [1.807, 2.05) is 27.7 Å². The molecule has 0 unspecified atom stereocenters. The van der Waals surface area contributed by atoms with Crippen molar-refractivity contribution in [3.8, 4) is 0 Å². The van der Waals surface area contributed by atoms with E-state index in [4.69, 9.17) is 9.68 Å². The summed E-state index contributed by atoms with van der Waals surface area (Å²) < 4.78 is 1.40. The molecule has 0 fully saturated rings. The van der Waals surface area contributed by atoms with Crippen LogP contribution in [0.2, 0.25) is 0 Å². The minimum atomic E-state index is 0.170. The van der Waals surface area contributed by atoms with E-state index in [9.17, 15) is 0 Å². The quantitative estimate of drug-likeness (QED) is 0.482. The summed E-state index contributed by atoms with van der Waals surface area (Å²) >= 11 is 1.75. The summed E-state index contributed by atoms with van der Waals surface area (Å²) in [5.74, 6) is 0. The summed E-state index contributed by atoms with van der Waals surface area (Å²) in [5, 5.41) is 0. The number of rotatable bonds is 4. The summed E-state index contributed by atoms with van der Waals surface area (Å²) in [5.41, 5.74) is 0. The monoisotopic (exact) mass is 180 g/mol. The van der Waals surface area contributed by atoms with Crippen LogP contribution in [0.1, 0.15) is 27.7 Å². The molecule has 0 aliphatic heterocycles. The van der Waals surface area contributed by atoms with Crippen LogP contribution in [0.5, 0.6) is 0 Å². The van der Waals surface area contributed by atoms with Gasteiger partial charge < -0.3 is 0 Å². The third-order valence-corrected chi connectivity index (χ3v) is 0.942. The van der Waals surface area contributed by atoms with Crippen LogP contribution in [-0.4, -0.2) is 15.9 Å². The van der Waals surface area contributed by atoms with Crippen molar-refractivity contribution in [1.82, 2.24) is 3.71 Å². The van der Waals surface area contributed by atoms with E-state index in [0.717, 1.165) is 0 Å². The summed E-state index contributed by atoms with van der Waals surface area (Å²) in [6, 6.07) is 0. The molecule has 3 nitrogen and oxygen atoms in total. The van der Waals surface area contributed by atoms with Crippen molar-refractivity contribution in [3.63, 3.8) is 0 Å². The van der Waals surface area contributed by atoms with Gasteiger partial charge in [0.05, 0.1) is 0 Å². The Kier molecular flexibility index (Phi) is 5.58. The van der Waals surface area contributed by atoms with E-state index in [2.05, 4.69) is 0 Å². The van der Waals surface area contributed by atoms with Gasteiger partial charge in [-0.05, 0) is 0 Å². The van der Waals surface area contributed by atoms with Gasteiger partial charge in [0.1, 0.15) is 0 Å². The molecule has 0 spiro atoms. The Balaban J connectivity index is 3.34. The second-order valence-corrected chi connectivity index (χ2v) is 3.14. The van der Waals surface area contributed by atoms with Gasteiger partial charge in [0.25, 0.3) is 0 Å². The number of hydrogen-bond donors (Lipinski definition) is 0. The summed E-state index contributed by atoms with van der Waals surface area (Å²) in [7, 11) is 0. The average Bonchev–Trinajstić information content (AvgIpc) is 1.58. The first kappa shape index (κ1) is 10.6. The molecule has 0 rings (SSSR count).